The summed E-state index contributed by atoms with van der Waals surface area (Å²) in [7, 11) is 1.97. The van der Waals surface area contributed by atoms with E-state index in [9.17, 15) is 4.79 Å². The van der Waals surface area contributed by atoms with Crippen molar-refractivity contribution in [3.05, 3.63) is 70.2 Å². The molecule has 5 nitrogen and oxygen atoms in total. The third-order valence-electron chi connectivity index (χ3n) is 3.71. The van der Waals surface area contributed by atoms with E-state index >= 15 is 0 Å². The van der Waals surface area contributed by atoms with Gasteiger partial charge in [-0.1, -0.05) is 41.9 Å². The van der Waals surface area contributed by atoms with Gasteiger partial charge in [0.1, 0.15) is 0 Å². The third kappa shape index (κ3) is 6.49. The Hall–Kier alpha value is -1.80. The van der Waals surface area contributed by atoms with Gasteiger partial charge in [0, 0.05) is 30.7 Å². The first-order valence-corrected chi connectivity index (χ1v) is 8.50. The molecule has 0 aliphatic heterocycles. The van der Waals surface area contributed by atoms with E-state index in [0.717, 1.165) is 28.7 Å². The maximum Gasteiger partial charge on any atom is 0.248 e. The number of hydrogen-bond donors (Lipinski definition) is 2. The molecule has 0 heterocycles. The molecule has 0 bridgehead atoms. The van der Waals surface area contributed by atoms with Crippen molar-refractivity contribution in [3.8, 4) is 0 Å². The van der Waals surface area contributed by atoms with E-state index in [1.165, 1.54) is 0 Å². The Kier molecular flexibility index (Phi) is 9.43. The Labute approximate surface area is 176 Å². The van der Waals surface area contributed by atoms with Gasteiger partial charge in [-0.05, 0) is 36.2 Å². The van der Waals surface area contributed by atoms with E-state index in [-0.39, 0.29) is 24.0 Å². The second kappa shape index (κ2) is 11.0. The molecule has 0 spiro atoms. The molecule has 0 atom stereocenters. The lowest BCUT2D eigenvalue weighted by molar-refractivity contribution is 0.100. The average Bonchev–Trinajstić information content (AvgIpc) is 2.60. The molecule has 2 rings (SSSR count). The number of benzene rings is 2. The Morgan fingerprint density at radius 2 is 1.85 bits per heavy atom. The number of aliphatic imine (C=N–C) groups is 1. The molecule has 0 aliphatic rings. The summed E-state index contributed by atoms with van der Waals surface area (Å²) in [6.45, 7) is 3.97. The van der Waals surface area contributed by atoms with Gasteiger partial charge in [-0.25, -0.2) is 4.99 Å². The van der Waals surface area contributed by atoms with Gasteiger partial charge < -0.3 is 16.0 Å². The largest absolute Gasteiger partial charge is 0.366 e. The highest BCUT2D eigenvalue weighted by Crippen LogP contribution is 2.16. The van der Waals surface area contributed by atoms with Crippen LogP contribution in [0.1, 0.15) is 28.4 Å². The molecule has 0 saturated carbocycles. The standard InChI is InChI=1S/C19H23ClN4O.HI/c1-3-22-19(24(2)13-16-6-4-5-7-17(16)20)23-12-14-8-10-15(11-9-14)18(21)25;/h4-11H,3,12-13H2,1-2H3,(H2,21,25)(H,22,23);1H. The fourth-order valence-electron chi connectivity index (χ4n) is 2.37. The highest BCUT2D eigenvalue weighted by molar-refractivity contribution is 14.0. The van der Waals surface area contributed by atoms with Gasteiger partial charge in [0.05, 0.1) is 6.54 Å². The molecule has 2 aromatic rings. The number of amides is 1. The molecule has 140 valence electrons. The van der Waals surface area contributed by atoms with Crippen LogP contribution < -0.4 is 11.1 Å². The van der Waals surface area contributed by atoms with Gasteiger partial charge in [0.25, 0.3) is 0 Å². The van der Waals surface area contributed by atoms with E-state index in [1.54, 1.807) is 12.1 Å². The van der Waals surface area contributed by atoms with E-state index in [2.05, 4.69) is 10.3 Å². The summed E-state index contributed by atoms with van der Waals surface area (Å²) in [5, 5.41) is 4.02. The van der Waals surface area contributed by atoms with Gasteiger partial charge in [0.2, 0.25) is 5.91 Å². The van der Waals surface area contributed by atoms with Gasteiger partial charge in [-0.2, -0.15) is 0 Å². The summed E-state index contributed by atoms with van der Waals surface area (Å²) >= 11 is 6.24. The van der Waals surface area contributed by atoms with Crippen molar-refractivity contribution in [2.75, 3.05) is 13.6 Å². The third-order valence-corrected chi connectivity index (χ3v) is 4.08. The van der Waals surface area contributed by atoms with Crippen LogP contribution in [-0.2, 0) is 13.1 Å². The Balaban J connectivity index is 0.00000338. The van der Waals surface area contributed by atoms with E-state index < -0.39 is 5.91 Å². The predicted octanol–water partition coefficient (Wildman–Crippen LogP) is 3.65. The van der Waals surface area contributed by atoms with Crippen LogP contribution in [0.4, 0.5) is 0 Å². The molecule has 1 amide bonds. The monoisotopic (exact) mass is 486 g/mol. The zero-order valence-corrected chi connectivity index (χ0v) is 18.0. The lowest BCUT2D eigenvalue weighted by Crippen LogP contribution is -2.38. The highest BCUT2D eigenvalue weighted by atomic mass is 127. The number of carbonyl (C=O) groups excluding carboxylic acids is 1. The summed E-state index contributed by atoms with van der Waals surface area (Å²) < 4.78 is 0. The van der Waals surface area contributed by atoms with Crippen molar-refractivity contribution in [1.29, 1.82) is 0 Å². The zero-order chi connectivity index (χ0) is 18.2. The lowest BCUT2D eigenvalue weighted by atomic mass is 10.1. The van der Waals surface area contributed by atoms with Gasteiger partial charge in [0.15, 0.2) is 5.96 Å². The van der Waals surface area contributed by atoms with Crippen LogP contribution in [0.2, 0.25) is 5.02 Å². The quantitative estimate of drug-likeness (QED) is 0.372. The van der Waals surface area contributed by atoms with Gasteiger partial charge in [-0.15, -0.1) is 24.0 Å². The summed E-state index contributed by atoms with van der Waals surface area (Å²) in [6, 6.07) is 14.9. The average molecular weight is 487 g/mol. The number of rotatable bonds is 6. The van der Waals surface area contributed by atoms with Crippen LogP contribution in [0.3, 0.4) is 0 Å². The van der Waals surface area contributed by atoms with E-state index in [0.29, 0.717) is 18.7 Å². The Bertz CT molecular complexity index is 749. The number of carbonyl (C=O) groups is 1. The molecule has 7 heteroatoms. The van der Waals surface area contributed by atoms with Crippen molar-refractivity contribution in [2.45, 2.75) is 20.0 Å². The first-order chi connectivity index (χ1) is 12.0. The van der Waals surface area contributed by atoms with Gasteiger partial charge >= 0.3 is 0 Å². The number of nitrogens with zero attached hydrogens (tertiary/aromatic N) is 2. The highest BCUT2D eigenvalue weighted by Gasteiger charge is 2.08. The van der Waals surface area contributed by atoms with Crippen LogP contribution in [0.25, 0.3) is 0 Å². The van der Waals surface area contributed by atoms with Crippen molar-refractivity contribution < 1.29 is 4.79 Å². The topological polar surface area (TPSA) is 70.7 Å². The fraction of sp³-hybridized carbons (Fsp3) is 0.263. The van der Waals surface area contributed by atoms with Crippen LogP contribution in [0.15, 0.2) is 53.5 Å². The summed E-state index contributed by atoms with van der Waals surface area (Å²) in [4.78, 5) is 17.8. The number of nitrogens with two attached hydrogens (primary N) is 1. The SMILES string of the molecule is CCNC(=NCc1ccc(C(N)=O)cc1)N(C)Cc1ccccc1Cl.I. The Morgan fingerprint density at radius 1 is 1.19 bits per heavy atom. The molecule has 3 N–H and O–H groups in total. The number of primary amides is 1. The normalized spacial score (nSPS) is 10.8. The molecule has 0 fully saturated rings. The minimum Gasteiger partial charge on any atom is -0.366 e. The fourth-order valence-corrected chi connectivity index (χ4v) is 2.56. The van der Waals surface area contributed by atoms with Crippen molar-refractivity contribution in [1.82, 2.24) is 10.2 Å². The molecule has 2 aromatic carbocycles. The summed E-state index contributed by atoms with van der Waals surface area (Å²) in [5.74, 6) is 0.365. The van der Waals surface area contributed by atoms with Crippen molar-refractivity contribution >= 4 is 47.4 Å². The molecule has 0 radical (unpaired) electrons. The molecule has 26 heavy (non-hydrogen) atoms. The maximum atomic E-state index is 11.1. The smallest absolute Gasteiger partial charge is 0.248 e. The van der Waals surface area contributed by atoms with Crippen LogP contribution in [-0.4, -0.2) is 30.4 Å². The first-order valence-electron chi connectivity index (χ1n) is 8.13. The number of halogens is 2. The second-order valence-corrected chi connectivity index (χ2v) is 6.09. The molecule has 0 saturated heterocycles. The lowest BCUT2D eigenvalue weighted by Gasteiger charge is -2.22. The van der Waals surface area contributed by atoms with Crippen LogP contribution in [0.5, 0.6) is 0 Å². The number of nitrogens with one attached hydrogen (secondary N) is 1. The number of hydrogen-bond acceptors (Lipinski definition) is 2. The summed E-state index contributed by atoms with van der Waals surface area (Å²) in [6.07, 6.45) is 0. The van der Waals surface area contributed by atoms with Crippen molar-refractivity contribution in [2.24, 2.45) is 10.7 Å². The summed E-state index contributed by atoms with van der Waals surface area (Å²) in [5.41, 5.74) is 7.80. The predicted molar refractivity (Wildman–Crippen MR) is 118 cm³/mol. The van der Waals surface area contributed by atoms with Crippen LogP contribution >= 0.6 is 35.6 Å². The second-order valence-electron chi connectivity index (χ2n) is 5.68. The molecular weight excluding hydrogens is 463 g/mol. The minimum atomic E-state index is -0.428. The molecular formula is C19H24ClIN4O. The maximum absolute atomic E-state index is 11.1. The minimum absolute atomic E-state index is 0. The van der Waals surface area contributed by atoms with E-state index in [1.807, 2.05) is 55.3 Å². The number of guanidine groups is 1. The van der Waals surface area contributed by atoms with Gasteiger partial charge in [-0.3, -0.25) is 4.79 Å². The molecule has 0 unspecified atom stereocenters. The molecule has 0 aromatic heterocycles. The van der Waals surface area contributed by atoms with Crippen LogP contribution in [0, 0.1) is 0 Å². The Morgan fingerprint density at radius 3 is 2.42 bits per heavy atom. The zero-order valence-electron chi connectivity index (χ0n) is 14.9. The van der Waals surface area contributed by atoms with E-state index in [4.69, 9.17) is 17.3 Å². The first kappa shape index (κ1) is 22.2. The van der Waals surface area contributed by atoms with Crippen molar-refractivity contribution in [3.63, 3.8) is 0 Å². The molecule has 0 aliphatic carbocycles.